The number of nitrogens with zero attached hydrogens (tertiary/aromatic N) is 2. The van der Waals surface area contributed by atoms with E-state index in [-0.39, 0.29) is 12.5 Å². The molecule has 1 aromatic carbocycles. The van der Waals surface area contributed by atoms with Gasteiger partial charge < -0.3 is 4.90 Å². The number of carbonyl (C=O) groups is 3. The van der Waals surface area contributed by atoms with E-state index in [2.05, 4.69) is 15.9 Å². The molecule has 0 aliphatic carbocycles. The molecule has 0 unspecified atom stereocenters. The lowest BCUT2D eigenvalue weighted by atomic mass is 10.1. The minimum Gasteiger partial charge on any atom is -0.341 e. The maximum absolute atomic E-state index is 12.2. The third-order valence-corrected chi connectivity index (χ3v) is 4.18. The van der Waals surface area contributed by atoms with Crippen LogP contribution in [0, 0.1) is 0 Å². The largest absolute Gasteiger partial charge is 0.341 e. The zero-order valence-electron chi connectivity index (χ0n) is 10.8. The zero-order chi connectivity index (χ0) is 14.3. The van der Waals surface area contributed by atoms with Gasteiger partial charge in [-0.25, -0.2) is 0 Å². The Kier molecular flexibility index (Phi) is 3.33. The number of ketones is 1. The van der Waals surface area contributed by atoms with Gasteiger partial charge in [0.15, 0.2) is 0 Å². The molecule has 2 aliphatic heterocycles. The van der Waals surface area contributed by atoms with Gasteiger partial charge >= 0.3 is 0 Å². The van der Waals surface area contributed by atoms with E-state index in [4.69, 9.17) is 0 Å². The summed E-state index contributed by atoms with van der Waals surface area (Å²) in [5.41, 5.74) is 0.884. The van der Waals surface area contributed by atoms with Crippen LogP contribution in [0.5, 0.6) is 0 Å². The van der Waals surface area contributed by atoms with Crippen LogP contribution in [0.3, 0.4) is 0 Å². The van der Waals surface area contributed by atoms with Crippen LogP contribution in [-0.4, -0.2) is 42.1 Å². The Morgan fingerprint density at radius 2 is 1.90 bits per heavy atom. The number of hydrogen-bond donors (Lipinski definition) is 0. The molecule has 0 aromatic heterocycles. The Morgan fingerprint density at radius 3 is 2.60 bits per heavy atom. The van der Waals surface area contributed by atoms with Crippen LogP contribution in [0.15, 0.2) is 22.7 Å². The molecular formula is C14H13BrN2O3. The van der Waals surface area contributed by atoms with Crippen molar-refractivity contribution in [3.8, 4) is 0 Å². The predicted octanol–water partition coefficient (Wildman–Crippen LogP) is 1.60. The summed E-state index contributed by atoms with van der Waals surface area (Å²) in [7, 11) is 0. The number of rotatable bonds is 2. The first-order valence-electron chi connectivity index (χ1n) is 6.51. The molecule has 1 saturated heterocycles. The summed E-state index contributed by atoms with van der Waals surface area (Å²) >= 11 is 3.32. The molecule has 1 fully saturated rings. The SMILES string of the molecule is O=C1C(=O)N(CC(=O)N2CCCC2)c2cc(Br)ccc21. The minimum absolute atomic E-state index is 0.0615. The Hall–Kier alpha value is -1.69. The van der Waals surface area contributed by atoms with Crippen LogP contribution in [0.2, 0.25) is 0 Å². The molecule has 0 bridgehead atoms. The lowest BCUT2D eigenvalue weighted by molar-refractivity contribution is -0.129. The summed E-state index contributed by atoms with van der Waals surface area (Å²) in [5, 5.41) is 0. The second-order valence-corrected chi connectivity index (χ2v) is 5.89. The lowest BCUT2D eigenvalue weighted by Crippen LogP contribution is -2.41. The molecule has 6 heteroatoms. The summed E-state index contributed by atoms with van der Waals surface area (Å²) in [6.07, 6.45) is 2.00. The standard InChI is InChI=1S/C14H13BrN2O3/c15-9-3-4-10-11(7-9)17(14(20)13(10)19)8-12(18)16-5-1-2-6-16/h3-4,7H,1-2,5-6,8H2. The van der Waals surface area contributed by atoms with Crippen LogP contribution in [0.4, 0.5) is 5.69 Å². The fourth-order valence-corrected chi connectivity index (χ4v) is 2.98. The zero-order valence-corrected chi connectivity index (χ0v) is 12.4. The number of halogens is 1. The molecule has 0 radical (unpaired) electrons. The smallest absolute Gasteiger partial charge is 0.299 e. The first kappa shape index (κ1) is 13.3. The van der Waals surface area contributed by atoms with Crippen molar-refractivity contribution in [2.75, 3.05) is 24.5 Å². The second-order valence-electron chi connectivity index (χ2n) is 4.97. The van der Waals surface area contributed by atoms with E-state index < -0.39 is 11.7 Å². The Labute approximate surface area is 124 Å². The van der Waals surface area contributed by atoms with Crippen molar-refractivity contribution in [3.05, 3.63) is 28.2 Å². The average molecular weight is 337 g/mol. The van der Waals surface area contributed by atoms with E-state index in [1.54, 1.807) is 23.1 Å². The van der Waals surface area contributed by atoms with Crippen LogP contribution < -0.4 is 4.90 Å². The quantitative estimate of drug-likeness (QED) is 0.771. The number of benzene rings is 1. The number of carbonyl (C=O) groups excluding carboxylic acids is 3. The molecule has 2 amide bonds. The Bertz CT molecular complexity index is 608. The first-order chi connectivity index (χ1) is 9.58. The molecule has 5 nitrogen and oxygen atoms in total. The van der Waals surface area contributed by atoms with Crippen molar-refractivity contribution in [1.29, 1.82) is 0 Å². The van der Waals surface area contributed by atoms with Crippen LogP contribution in [0.25, 0.3) is 0 Å². The van der Waals surface area contributed by atoms with E-state index >= 15 is 0 Å². The highest BCUT2D eigenvalue weighted by Crippen LogP contribution is 2.31. The maximum atomic E-state index is 12.2. The van der Waals surface area contributed by atoms with Crippen molar-refractivity contribution in [2.45, 2.75) is 12.8 Å². The Balaban J connectivity index is 1.87. The van der Waals surface area contributed by atoms with Gasteiger partial charge in [-0.3, -0.25) is 19.3 Å². The van der Waals surface area contributed by atoms with E-state index in [0.717, 1.165) is 30.4 Å². The summed E-state index contributed by atoms with van der Waals surface area (Å²) < 4.78 is 0.775. The molecule has 0 saturated carbocycles. The van der Waals surface area contributed by atoms with Gasteiger partial charge in [0.25, 0.3) is 11.7 Å². The molecule has 2 aliphatic rings. The predicted molar refractivity (Wildman–Crippen MR) is 76.6 cm³/mol. The summed E-state index contributed by atoms with van der Waals surface area (Å²) in [4.78, 5) is 39.1. The van der Waals surface area contributed by atoms with Crippen molar-refractivity contribution in [3.63, 3.8) is 0 Å². The summed E-state index contributed by atoms with van der Waals surface area (Å²) in [5.74, 6) is -1.26. The average Bonchev–Trinajstić information content (AvgIpc) is 3.03. The number of amides is 2. The second kappa shape index (κ2) is 5.01. The molecule has 0 spiro atoms. The van der Waals surface area contributed by atoms with Crippen LogP contribution in [-0.2, 0) is 9.59 Å². The van der Waals surface area contributed by atoms with Gasteiger partial charge in [0.2, 0.25) is 5.91 Å². The van der Waals surface area contributed by atoms with Gasteiger partial charge in [0.1, 0.15) is 6.54 Å². The highest BCUT2D eigenvalue weighted by Gasteiger charge is 2.37. The van der Waals surface area contributed by atoms with E-state index in [1.165, 1.54) is 4.90 Å². The van der Waals surface area contributed by atoms with Crippen LogP contribution in [0.1, 0.15) is 23.2 Å². The highest BCUT2D eigenvalue weighted by atomic mass is 79.9. The number of fused-ring (bicyclic) bond motifs is 1. The molecule has 2 heterocycles. The third-order valence-electron chi connectivity index (χ3n) is 3.69. The van der Waals surface area contributed by atoms with Gasteiger partial charge in [-0.15, -0.1) is 0 Å². The van der Waals surface area contributed by atoms with E-state index in [1.807, 2.05) is 0 Å². The highest BCUT2D eigenvalue weighted by molar-refractivity contribution is 9.10. The van der Waals surface area contributed by atoms with E-state index in [9.17, 15) is 14.4 Å². The molecule has 20 heavy (non-hydrogen) atoms. The van der Waals surface area contributed by atoms with E-state index in [0.29, 0.717) is 11.3 Å². The molecule has 0 N–H and O–H groups in total. The molecule has 3 rings (SSSR count). The third kappa shape index (κ3) is 2.14. The fraction of sp³-hybridized carbons (Fsp3) is 0.357. The normalized spacial score (nSPS) is 17.9. The van der Waals surface area contributed by atoms with Gasteiger partial charge in [-0.05, 0) is 31.0 Å². The van der Waals surface area contributed by atoms with Crippen LogP contribution >= 0.6 is 15.9 Å². The maximum Gasteiger partial charge on any atom is 0.299 e. The number of likely N-dealkylation sites (tertiary alicyclic amines) is 1. The Morgan fingerprint density at radius 1 is 1.20 bits per heavy atom. The number of Topliss-reactive ketones (excluding diaryl/α,β-unsaturated/α-hetero) is 1. The van der Waals surface area contributed by atoms with Crippen molar-refractivity contribution < 1.29 is 14.4 Å². The minimum atomic E-state index is -0.620. The molecule has 104 valence electrons. The molecule has 1 aromatic rings. The summed E-state index contributed by atoms with van der Waals surface area (Å²) in [6.45, 7) is 1.41. The molecule has 0 atom stereocenters. The van der Waals surface area contributed by atoms with Crippen molar-refractivity contribution >= 4 is 39.2 Å². The fourth-order valence-electron chi connectivity index (χ4n) is 2.63. The summed E-state index contributed by atoms with van der Waals surface area (Å²) in [6, 6.07) is 5.03. The van der Waals surface area contributed by atoms with Crippen molar-refractivity contribution in [2.24, 2.45) is 0 Å². The topological polar surface area (TPSA) is 57.7 Å². The first-order valence-corrected chi connectivity index (χ1v) is 7.31. The number of anilines is 1. The lowest BCUT2D eigenvalue weighted by Gasteiger charge is -2.21. The van der Waals surface area contributed by atoms with Gasteiger partial charge in [-0.2, -0.15) is 0 Å². The van der Waals surface area contributed by atoms with Gasteiger partial charge in [0.05, 0.1) is 11.3 Å². The molecular weight excluding hydrogens is 324 g/mol. The van der Waals surface area contributed by atoms with Gasteiger partial charge in [-0.1, -0.05) is 15.9 Å². The van der Waals surface area contributed by atoms with Gasteiger partial charge in [0, 0.05) is 17.6 Å². The van der Waals surface area contributed by atoms with Crippen molar-refractivity contribution in [1.82, 2.24) is 4.90 Å². The monoisotopic (exact) mass is 336 g/mol. The number of hydrogen-bond acceptors (Lipinski definition) is 3.